The van der Waals surface area contributed by atoms with Crippen LogP contribution in [0.4, 0.5) is 11.4 Å². The van der Waals surface area contributed by atoms with Gasteiger partial charge in [-0.25, -0.2) is 0 Å². The van der Waals surface area contributed by atoms with Gasteiger partial charge < -0.3 is 10.2 Å². The molecule has 5 heteroatoms. The summed E-state index contributed by atoms with van der Waals surface area (Å²) in [5.74, 6) is 0.710. The molecule has 0 spiro atoms. The Labute approximate surface area is 119 Å². The molecule has 2 saturated heterocycles. The van der Waals surface area contributed by atoms with E-state index in [1.54, 1.807) is 12.1 Å². The molecule has 2 heterocycles. The van der Waals surface area contributed by atoms with Crippen molar-refractivity contribution in [2.75, 3.05) is 24.5 Å². The molecule has 0 aromatic heterocycles. The number of rotatable bonds is 3. The summed E-state index contributed by atoms with van der Waals surface area (Å²) in [5.41, 5.74) is 1.28. The molecule has 2 fully saturated rings. The van der Waals surface area contributed by atoms with Gasteiger partial charge >= 0.3 is 0 Å². The van der Waals surface area contributed by atoms with E-state index in [0.717, 1.165) is 25.3 Å². The summed E-state index contributed by atoms with van der Waals surface area (Å²) in [5, 5.41) is 14.3. The van der Waals surface area contributed by atoms with E-state index in [9.17, 15) is 10.1 Å². The van der Waals surface area contributed by atoms with Gasteiger partial charge in [0.05, 0.1) is 4.92 Å². The fourth-order valence-corrected chi connectivity index (χ4v) is 3.47. The van der Waals surface area contributed by atoms with E-state index in [-0.39, 0.29) is 10.6 Å². The predicted octanol–water partition coefficient (Wildman–Crippen LogP) is 2.56. The minimum Gasteiger partial charge on any atom is -0.371 e. The van der Waals surface area contributed by atoms with Gasteiger partial charge in [0.2, 0.25) is 0 Å². The Morgan fingerprint density at radius 2 is 2.00 bits per heavy atom. The largest absolute Gasteiger partial charge is 0.371 e. The van der Waals surface area contributed by atoms with Gasteiger partial charge in [-0.15, -0.1) is 0 Å². The highest BCUT2D eigenvalue weighted by atomic mass is 16.6. The molecule has 2 aliphatic heterocycles. The first-order valence-electron chi connectivity index (χ1n) is 7.47. The Bertz CT molecular complexity index is 469. The van der Waals surface area contributed by atoms with Crippen molar-refractivity contribution in [2.45, 2.75) is 31.7 Å². The van der Waals surface area contributed by atoms with Crippen LogP contribution in [0, 0.1) is 16.0 Å². The lowest BCUT2D eigenvalue weighted by Crippen LogP contribution is -2.43. The molecule has 0 amide bonds. The minimum absolute atomic E-state index is 0.166. The Morgan fingerprint density at radius 1 is 1.20 bits per heavy atom. The molecule has 5 nitrogen and oxygen atoms in total. The number of hydrogen-bond acceptors (Lipinski definition) is 4. The summed E-state index contributed by atoms with van der Waals surface area (Å²) >= 11 is 0. The lowest BCUT2D eigenvalue weighted by atomic mass is 9.89. The molecule has 1 N–H and O–H groups in total. The Balaban J connectivity index is 1.68. The Morgan fingerprint density at radius 3 is 2.65 bits per heavy atom. The number of benzene rings is 1. The van der Waals surface area contributed by atoms with Crippen LogP contribution in [-0.2, 0) is 0 Å². The van der Waals surface area contributed by atoms with Crippen LogP contribution in [0.3, 0.4) is 0 Å². The van der Waals surface area contributed by atoms with Gasteiger partial charge in [0.25, 0.3) is 5.69 Å². The second kappa shape index (κ2) is 5.79. The van der Waals surface area contributed by atoms with Gasteiger partial charge in [-0.3, -0.25) is 10.1 Å². The highest BCUT2D eigenvalue weighted by molar-refractivity contribution is 5.51. The summed E-state index contributed by atoms with van der Waals surface area (Å²) in [6.07, 6.45) is 5.08. The molecule has 2 atom stereocenters. The van der Waals surface area contributed by atoms with Crippen LogP contribution in [0.1, 0.15) is 25.7 Å². The molecule has 0 radical (unpaired) electrons. The Hall–Kier alpha value is -1.62. The van der Waals surface area contributed by atoms with E-state index >= 15 is 0 Å². The number of non-ortho nitro benzene ring substituents is 1. The lowest BCUT2D eigenvalue weighted by molar-refractivity contribution is -0.384. The predicted molar refractivity (Wildman–Crippen MR) is 79.1 cm³/mol. The van der Waals surface area contributed by atoms with Crippen LogP contribution in [0.2, 0.25) is 0 Å². The van der Waals surface area contributed by atoms with Crippen molar-refractivity contribution >= 4 is 11.4 Å². The maximum absolute atomic E-state index is 10.7. The maximum Gasteiger partial charge on any atom is 0.269 e. The average molecular weight is 275 g/mol. The molecular weight excluding hydrogens is 254 g/mol. The maximum atomic E-state index is 10.7. The normalized spacial score (nSPS) is 26.7. The number of nitrogens with zero attached hydrogens (tertiary/aromatic N) is 2. The number of anilines is 1. The molecule has 0 aliphatic carbocycles. The summed E-state index contributed by atoms with van der Waals surface area (Å²) in [6, 6.07) is 7.63. The van der Waals surface area contributed by atoms with Gasteiger partial charge in [0, 0.05) is 37.0 Å². The van der Waals surface area contributed by atoms with E-state index in [1.807, 2.05) is 12.1 Å². The zero-order valence-corrected chi connectivity index (χ0v) is 11.6. The van der Waals surface area contributed by atoms with E-state index in [1.165, 1.54) is 25.7 Å². The van der Waals surface area contributed by atoms with Crippen molar-refractivity contribution in [2.24, 2.45) is 5.92 Å². The molecule has 0 bridgehead atoms. The number of nitrogens with one attached hydrogen (secondary N) is 1. The van der Waals surface area contributed by atoms with Crippen LogP contribution in [0.15, 0.2) is 24.3 Å². The van der Waals surface area contributed by atoms with Crippen molar-refractivity contribution in [3.05, 3.63) is 34.4 Å². The molecule has 108 valence electrons. The second-order valence-electron chi connectivity index (χ2n) is 5.82. The highest BCUT2D eigenvalue weighted by Gasteiger charge is 2.29. The number of nitro benzene ring substituents is 1. The molecule has 2 aliphatic rings. The molecule has 20 heavy (non-hydrogen) atoms. The highest BCUT2D eigenvalue weighted by Crippen LogP contribution is 2.28. The molecule has 2 unspecified atom stereocenters. The number of nitro groups is 1. The molecule has 1 aromatic carbocycles. The minimum atomic E-state index is -0.342. The van der Waals surface area contributed by atoms with Crippen molar-refractivity contribution in [1.82, 2.24) is 5.32 Å². The number of hydrogen-bond donors (Lipinski definition) is 1. The fourth-order valence-electron chi connectivity index (χ4n) is 3.47. The van der Waals surface area contributed by atoms with Crippen LogP contribution in [-0.4, -0.2) is 30.6 Å². The number of piperidine rings is 1. The van der Waals surface area contributed by atoms with Crippen LogP contribution in [0.5, 0.6) is 0 Å². The molecule has 1 aromatic rings. The van der Waals surface area contributed by atoms with Crippen LogP contribution in [0.25, 0.3) is 0 Å². The van der Waals surface area contributed by atoms with Gasteiger partial charge in [-0.2, -0.15) is 0 Å². The third-order valence-electron chi connectivity index (χ3n) is 4.55. The van der Waals surface area contributed by atoms with Crippen molar-refractivity contribution in [3.63, 3.8) is 0 Å². The average Bonchev–Trinajstić information content (AvgIpc) is 3.02. The van der Waals surface area contributed by atoms with Gasteiger partial charge in [0.1, 0.15) is 0 Å². The van der Waals surface area contributed by atoms with Crippen molar-refractivity contribution in [1.29, 1.82) is 0 Å². The topological polar surface area (TPSA) is 58.4 Å². The summed E-state index contributed by atoms with van der Waals surface area (Å²) in [6.45, 7) is 3.27. The summed E-state index contributed by atoms with van der Waals surface area (Å²) in [7, 11) is 0. The third kappa shape index (κ3) is 2.77. The van der Waals surface area contributed by atoms with Crippen LogP contribution < -0.4 is 10.2 Å². The zero-order chi connectivity index (χ0) is 13.9. The first-order valence-corrected chi connectivity index (χ1v) is 7.47. The lowest BCUT2D eigenvalue weighted by Gasteiger charge is -2.37. The first kappa shape index (κ1) is 13.4. The standard InChI is InChI=1S/C15H21N3O2/c19-18(20)14-7-5-13(6-8-14)17-10-2-3-12(11-17)15-4-1-9-16-15/h5-8,12,15-16H,1-4,9-11H2. The first-order chi connectivity index (χ1) is 9.74. The SMILES string of the molecule is O=[N+]([O-])c1ccc(N2CCCC(C3CCCN3)C2)cc1. The van der Waals surface area contributed by atoms with Gasteiger partial charge in [-0.1, -0.05) is 0 Å². The summed E-state index contributed by atoms with van der Waals surface area (Å²) < 4.78 is 0. The van der Waals surface area contributed by atoms with Crippen molar-refractivity contribution in [3.8, 4) is 0 Å². The molecular formula is C15H21N3O2. The van der Waals surface area contributed by atoms with Crippen molar-refractivity contribution < 1.29 is 4.92 Å². The molecule has 0 saturated carbocycles. The van der Waals surface area contributed by atoms with Crippen LogP contribution >= 0.6 is 0 Å². The van der Waals surface area contributed by atoms with Gasteiger partial charge in [-0.05, 0) is 50.3 Å². The van der Waals surface area contributed by atoms with E-state index in [2.05, 4.69) is 10.2 Å². The van der Waals surface area contributed by atoms with Gasteiger partial charge in [0.15, 0.2) is 0 Å². The third-order valence-corrected chi connectivity index (χ3v) is 4.55. The zero-order valence-electron chi connectivity index (χ0n) is 11.6. The van der Waals surface area contributed by atoms with E-state index < -0.39 is 0 Å². The molecule has 3 rings (SSSR count). The second-order valence-corrected chi connectivity index (χ2v) is 5.82. The quantitative estimate of drug-likeness (QED) is 0.680. The smallest absolute Gasteiger partial charge is 0.269 e. The Kier molecular flexibility index (Phi) is 3.87. The monoisotopic (exact) mass is 275 g/mol. The van der Waals surface area contributed by atoms with E-state index in [4.69, 9.17) is 0 Å². The summed E-state index contributed by atoms with van der Waals surface area (Å²) in [4.78, 5) is 12.7. The van der Waals surface area contributed by atoms with E-state index in [0.29, 0.717) is 12.0 Å². The fraction of sp³-hybridized carbons (Fsp3) is 0.600.